The zero-order valence-corrected chi connectivity index (χ0v) is 12.2. The van der Waals surface area contributed by atoms with E-state index in [0.29, 0.717) is 35.0 Å². The van der Waals surface area contributed by atoms with Crippen molar-refractivity contribution in [1.82, 2.24) is 4.90 Å². The number of hydrogen-bond donors (Lipinski definition) is 0. The normalized spacial score (nSPS) is 15.9. The molecule has 1 aromatic carbocycles. The Morgan fingerprint density at radius 3 is 2.75 bits per heavy atom. The van der Waals surface area contributed by atoms with E-state index in [4.69, 9.17) is 25.8 Å². The minimum atomic E-state index is 0.359. The Balaban J connectivity index is 1.95. The van der Waals surface area contributed by atoms with Gasteiger partial charge in [0.25, 0.3) is 0 Å². The maximum Gasteiger partial charge on any atom is 0.162 e. The number of carbonyl (C=O) groups is 1. The van der Waals surface area contributed by atoms with Crippen LogP contribution in [0.1, 0.15) is 10.4 Å². The summed E-state index contributed by atoms with van der Waals surface area (Å²) >= 11 is 5.95. The van der Waals surface area contributed by atoms with Crippen molar-refractivity contribution in [2.45, 2.75) is 0 Å². The second-order valence-electron chi connectivity index (χ2n) is 4.44. The second-order valence-corrected chi connectivity index (χ2v) is 4.85. The molecule has 0 radical (unpaired) electrons. The highest BCUT2D eigenvalue weighted by atomic mass is 35.5. The van der Waals surface area contributed by atoms with Crippen LogP contribution in [-0.2, 0) is 4.74 Å². The molecule has 1 aromatic rings. The lowest BCUT2D eigenvalue weighted by molar-refractivity contribution is 0.0321. The highest BCUT2D eigenvalue weighted by Crippen LogP contribution is 2.32. The molecule has 1 saturated heterocycles. The highest BCUT2D eigenvalue weighted by molar-refractivity contribution is 6.33. The van der Waals surface area contributed by atoms with Crippen LogP contribution in [0.5, 0.6) is 11.5 Å². The Kier molecular flexibility index (Phi) is 5.64. The molecule has 110 valence electrons. The van der Waals surface area contributed by atoms with Crippen LogP contribution in [-0.4, -0.2) is 57.8 Å². The predicted octanol–water partition coefficient (Wildman–Crippen LogP) is 1.87. The quantitative estimate of drug-likeness (QED) is 0.751. The van der Waals surface area contributed by atoms with Crippen LogP contribution in [0.3, 0.4) is 0 Å². The molecule has 5 nitrogen and oxygen atoms in total. The molecule has 6 heteroatoms. The fourth-order valence-electron chi connectivity index (χ4n) is 2.02. The van der Waals surface area contributed by atoms with Crippen LogP contribution in [0.25, 0.3) is 0 Å². The topological polar surface area (TPSA) is 48.0 Å². The maximum atomic E-state index is 10.9. The predicted molar refractivity (Wildman–Crippen MR) is 76.1 cm³/mol. The van der Waals surface area contributed by atoms with E-state index in [9.17, 15) is 4.79 Å². The van der Waals surface area contributed by atoms with E-state index >= 15 is 0 Å². The van der Waals surface area contributed by atoms with Crippen LogP contribution in [0.15, 0.2) is 12.1 Å². The Bertz CT molecular complexity index is 461. The van der Waals surface area contributed by atoms with Gasteiger partial charge in [0, 0.05) is 31.3 Å². The molecule has 1 heterocycles. The van der Waals surface area contributed by atoms with Gasteiger partial charge in [-0.1, -0.05) is 11.6 Å². The van der Waals surface area contributed by atoms with Crippen LogP contribution >= 0.6 is 11.6 Å². The molecular formula is C14H18ClNO4. The Morgan fingerprint density at radius 2 is 2.10 bits per heavy atom. The van der Waals surface area contributed by atoms with Gasteiger partial charge in [-0.2, -0.15) is 0 Å². The first kappa shape index (κ1) is 15.1. The van der Waals surface area contributed by atoms with Crippen molar-refractivity contribution < 1.29 is 19.0 Å². The van der Waals surface area contributed by atoms with Crippen molar-refractivity contribution in [2.24, 2.45) is 0 Å². The third-order valence-electron chi connectivity index (χ3n) is 3.18. The third-order valence-corrected chi connectivity index (χ3v) is 3.51. The van der Waals surface area contributed by atoms with Gasteiger partial charge in [0.1, 0.15) is 6.61 Å². The van der Waals surface area contributed by atoms with E-state index in [2.05, 4.69) is 4.90 Å². The standard InChI is InChI=1S/C14H18ClNO4/c1-18-13-9-12(15)11(10-17)8-14(13)20-7-4-16-2-5-19-6-3-16/h8-10H,2-7H2,1H3. The van der Waals surface area contributed by atoms with Crippen molar-refractivity contribution in [1.29, 1.82) is 0 Å². The molecule has 0 spiro atoms. The number of benzene rings is 1. The molecule has 0 unspecified atom stereocenters. The number of halogens is 1. The number of morpholine rings is 1. The number of carbonyl (C=O) groups excluding carboxylic acids is 1. The van der Waals surface area contributed by atoms with Crippen molar-refractivity contribution in [2.75, 3.05) is 46.6 Å². The number of ether oxygens (including phenoxy) is 3. The van der Waals surface area contributed by atoms with Gasteiger partial charge in [-0.3, -0.25) is 9.69 Å². The SMILES string of the molecule is COc1cc(Cl)c(C=O)cc1OCCN1CCOCC1. The molecule has 0 N–H and O–H groups in total. The van der Waals surface area contributed by atoms with E-state index in [1.165, 1.54) is 0 Å². The molecule has 0 saturated carbocycles. The fraction of sp³-hybridized carbons (Fsp3) is 0.500. The van der Waals surface area contributed by atoms with Gasteiger partial charge in [-0.05, 0) is 6.07 Å². The molecule has 0 aliphatic carbocycles. The molecular weight excluding hydrogens is 282 g/mol. The monoisotopic (exact) mass is 299 g/mol. The summed E-state index contributed by atoms with van der Waals surface area (Å²) in [6.45, 7) is 4.70. The average molecular weight is 300 g/mol. The molecule has 0 bridgehead atoms. The molecule has 0 aromatic heterocycles. The van der Waals surface area contributed by atoms with Gasteiger partial charge in [0.2, 0.25) is 0 Å². The first-order valence-corrected chi connectivity index (χ1v) is 6.88. The van der Waals surface area contributed by atoms with Crippen LogP contribution in [0.2, 0.25) is 5.02 Å². The van der Waals surface area contributed by atoms with E-state index in [1.807, 2.05) is 0 Å². The second kappa shape index (κ2) is 7.47. The lowest BCUT2D eigenvalue weighted by atomic mass is 10.2. The fourth-order valence-corrected chi connectivity index (χ4v) is 2.22. The van der Waals surface area contributed by atoms with E-state index in [-0.39, 0.29) is 0 Å². The number of hydrogen-bond acceptors (Lipinski definition) is 5. The number of nitrogens with zero attached hydrogens (tertiary/aromatic N) is 1. The van der Waals surface area contributed by atoms with Crippen molar-refractivity contribution in [3.8, 4) is 11.5 Å². The van der Waals surface area contributed by atoms with Crippen LogP contribution < -0.4 is 9.47 Å². The summed E-state index contributed by atoms with van der Waals surface area (Å²) in [4.78, 5) is 13.2. The van der Waals surface area contributed by atoms with Crippen molar-refractivity contribution in [3.05, 3.63) is 22.7 Å². The highest BCUT2D eigenvalue weighted by Gasteiger charge is 2.12. The third kappa shape index (κ3) is 3.85. The average Bonchev–Trinajstić information content (AvgIpc) is 2.49. The Hall–Kier alpha value is -1.30. The minimum absolute atomic E-state index is 0.359. The molecule has 20 heavy (non-hydrogen) atoms. The molecule has 0 amide bonds. The largest absolute Gasteiger partial charge is 0.493 e. The van der Waals surface area contributed by atoms with Crippen molar-refractivity contribution >= 4 is 17.9 Å². The van der Waals surface area contributed by atoms with E-state index in [1.54, 1.807) is 19.2 Å². The van der Waals surface area contributed by atoms with Gasteiger partial charge < -0.3 is 14.2 Å². The lowest BCUT2D eigenvalue weighted by Gasteiger charge is -2.26. The van der Waals surface area contributed by atoms with Gasteiger partial charge in [-0.25, -0.2) is 0 Å². The molecule has 1 aliphatic heterocycles. The first-order valence-electron chi connectivity index (χ1n) is 6.50. The van der Waals surface area contributed by atoms with Gasteiger partial charge in [0.05, 0.1) is 25.3 Å². The van der Waals surface area contributed by atoms with Crippen molar-refractivity contribution in [3.63, 3.8) is 0 Å². The number of rotatable bonds is 6. The number of aldehydes is 1. The lowest BCUT2D eigenvalue weighted by Crippen LogP contribution is -2.38. The summed E-state index contributed by atoms with van der Waals surface area (Å²) in [7, 11) is 1.54. The zero-order valence-electron chi connectivity index (χ0n) is 11.4. The smallest absolute Gasteiger partial charge is 0.162 e. The summed E-state index contributed by atoms with van der Waals surface area (Å²) < 4.78 is 16.2. The molecule has 1 aliphatic rings. The van der Waals surface area contributed by atoms with Crippen LogP contribution in [0, 0.1) is 0 Å². The zero-order chi connectivity index (χ0) is 14.4. The summed E-state index contributed by atoms with van der Waals surface area (Å²) in [5.41, 5.74) is 0.397. The van der Waals surface area contributed by atoms with Gasteiger partial charge in [0.15, 0.2) is 17.8 Å². The summed E-state index contributed by atoms with van der Waals surface area (Å²) in [6, 6.07) is 3.20. The molecule has 1 fully saturated rings. The number of methoxy groups -OCH3 is 1. The van der Waals surface area contributed by atoms with Gasteiger partial charge >= 0.3 is 0 Å². The maximum absolute atomic E-state index is 10.9. The van der Waals surface area contributed by atoms with E-state index < -0.39 is 0 Å². The van der Waals surface area contributed by atoms with E-state index in [0.717, 1.165) is 32.8 Å². The summed E-state index contributed by atoms with van der Waals surface area (Å²) in [5, 5.41) is 0.359. The van der Waals surface area contributed by atoms with Gasteiger partial charge in [-0.15, -0.1) is 0 Å². The Morgan fingerprint density at radius 1 is 1.35 bits per heavy atom. The molecule has 2 rings (SSSR count). The molecule has 0 atom stereocenters. The summed E-state index contributed by atoms with van der Waals surface area (Å²) in [5.74, 6) is 1.06. The van der Waals surface area contributed by atoms with Crippen LogP contribution in [0.4, 0.5) is 0 Å². The Labute approximate surface area is 123 Å². The summed E-state index contributed by atoms with van der Waals surface area (Å²) in [6.07, 6.45) is 0.705. The first-order chi connectivity index (χ1) is 9.74. The minimum Gasteiger partial charge on any atom is -0.493 e.